The Labute approximate surface area is 107 Å². The predicted octanol–water partition coefficient (Wildman–Crippen LogP) is -0.0887. The molecular weight excluding hydrogens is 256 g/mol. The molecule has 0 fully saturated rings. The van der Waals surface area contributed by atoms with E-state index in [0.29, 0.717) is 12.5 Å². The first-order chi connectivity index (χ1) is 8.56. The van der Waals surface area contributed by atoms with Crippen molar-refractivity contribution in [3.63, 3.8) is 0 Å². The molecule has 0 aliphatic carbocycles. The van der Waals surface area contributed by atoms with E-state index in [9.17, 15) is 8.42 Å². The summed E-state index contributed by atoms with van der Waals surface area (Å²) in [6.45, 7) is 4.40. The van der Waals surface area contributed by atoms with E-state index in [1.807, 2.05) is 6.92 Å². The maximum absolute atomic E-state index is 12.1. The van der Waals surface area contributed by atoms with Crippen LogP contribution < -0.4 is 5.32 Å². The number of aliphatic hydroxyl groups excluding tert-OH is 1. The molecule has 0 aliphatic heterocycles. The lowest BCUT2D eigenvalue weighted by atomic mass is 10.6. The van der Waals surface area contributed by atoms with Gasteiger partial charge in [-0.1, -0.05) is 6.92 Å². The summed E-state index contributed by atoms with van der Waals surface area (Å²) in [7, 11) is -3.62. The molecular formula is C10H18N4O3S. The summed E-state index contributed by atoms with van der Waals surface area (Å²) >= 11 is 0. The average molecular weight is 274 g/mol. The standard InChI is InChI=1S/C10H18N4O3S/c1-3-11-10-12-7-9(8-13-10)18(16,17)14(4-2)5-6-15/h7-8,15H,3-6H2,1-2H3,(H,11,12,13). The molecule has 1 aromatic heterocycles. The monoisotopic (exact) mass is 274 g/mol. The third-order valence-corrected chi connectivity index (χ3v) is 4.23. The number of likely N-dealkylation sites (N-methyl/N-ethyl adjacent to an activating group) is 1. The van der Waals surface area contributed by atoms with Gasteiger partial charge < -0.3 is 10.4 Å². The fourth-order valence-electron chi connectivity index (χ4n) is 1.41. The van der Waals surface area contributed by atoms with Crippen molar-refractivity contribution >= 4 is 16.0 Å². The molecule has 0 bridgehead atoms. The number of nitrogens with one attached hydrogen (secondary N) is 1. The molecule has 7 nitrogen and oxygen atoms in total. The zero-order valence-electron chi connectivity index (χ0n) is 10.5. The first-order valence-corrected chi connectivity index (χ1v) is 7.17. The van der Waals surface area contributed by atoms with Gasteiger partial charge in [-0.25, -0.2) is 18.4 Å². The van der Waals surface area contributed by atoms with Gasteiger partial charge in [-0.05, 0) is 6.92 Å². The summed E-state index contributed by atoms with van der Waals surface area (Å²) in [5.41, 5.74) is 0. The van der Waals surface area contributed by atoms with Gasteiger partial charge in [-0.3, -0.25) is 0 Å². The highest BCUT2D eigenvalue weighted by Gasteiger charge is 2.23. The molecule has 1 heterocycles. The van der Waals surface area contributed by atoms with Crippen molar-refractivity contribution in [2.24, 2.45) is 0 Å². The number of aromatic nitrogens is 2. The van der Waals surface area contributed by atoms with Crippen molar-refractivity contribution in [3.8, 4) is 0 Å². The fourth-order valence-corrected chi connectivity index (χ4v) is 2.74. The van der Waals surface area contributed by atoms with E-state index in [-0.39, 0.29) is 24.6 Å². The summed E-state index contributed by atoms with van der Waals surface area (Å²) in [5.74, 6) is 0.390. The molecule has 0 amide bonds. The first kappa shape index (κ1) is 14.8. The summed E-state index contributed by atoms with van der Waals surface area (Å²) in [6.07, 6.45) is 2.53. The van der Waals surface area contributed by atoms with Crippen LogP contribution in [0.25, 0.3) is 0 Å². The van der Waals surface area contributed by atoms with Crippen molar-refractivity contribution in [1.29, 1.82) is 0 Å². The van der Waals surface area contributed by atoms with Crippen LogP contribution in [-0.4, -0.2) is 54.0 Å². The summed E-state index contributed by atoms with van der Waals surface area (Å²) < 4.78 is 25.5. The number of anilines is 1. The van der Waals surface area contributed by atoms with E-state index in [1.54, 1.807) is 6.92 Å². The lowest BCUT2D eigenvalue weighted by Crippen LogP contribution is -2.33. The van der Waals surface area contributed by atoms with Crippen molar-refractivity contribution in [1.82, 2.24) is 14.3 Å². The highest BCUT2D eigenvalue weighted by Crippen LogP contribution is 2.13. The van der Waals surface area contributed by atoms with E-state index in [4.69, 9.17) is 5.11 Å². The van der Waals surface area contributed by atoms with Gasteiger partial charge in [0.25, 0.3) is 0 Å². The number of hydrogen-bond donors (Lipinski definition) is 2. The van der Waals surface area contributed by atoms with Crippen molar-refractivity contribution in [3.05, 3.63) is 12.4 Å². The van der Waals surface area contributed by atoms with Crippen LogP contribution in [0.4, 0.5) is 5.95 Å². The van der Waals surface area contributed by atoms with Crippen LogP contribution in [0.15, 0.2) is 17.3 Å². The minimum Gasteiger partial charge on any atom is -0.395 e. The average Bonchev–Trinajstić information content (AvgIpc) is 2.36. The summed E-state index contributed by atoms with van der Waals surface area (Å²) in [4.78, 5) is 7.87. The fraction of sp³-hybridized carbons (Fsp3) is 0.600. The molecule has 0 saturated carbocycles. The molecule has 18 heavy (non-hydrogen) atoms. The molecule has 2 N–H and O–H groups in total. The number of rotatable bonds is 7. The molecule has 0 aliphatic rings. The second-order valence-corrected chi connectivity index (χ2v) is 5.43. The quantitative estimate of drug-likeness (QED) is 0.721. The minimum atomic E-state index is -3.62. The minimum absolute atomic E-state index is 0.0273. The second-order valence-electron chi connectivity index (χ2n) is 3.49. The zero-order valence-corrected chi connectivity index (χ0v) is 11.3. The van der Waals surface area contributed by atoms with Gasteiger partial charge in [0.1, 0.15) is 4.90 Å². The Balaban J connectivity index is 2.97. The van der Waals surface area contributed by atoms with E-state index in [1.165, 1.54) is 16.7 Å². The second kappa shape index (κ2) is 6.62. The van der Waals surface area contributed by atoms with Crippen LogP contribution in [-0.2, 0) is 10.0 Å². The lowest BCUT2D eigenvalue weighted by molar-refractivity contribution is 0.257. The first-order valence-electron chi connectivity index (χ1n) is 5.73. The Morgan fingerprint density at radius 2 is 1.94 bits per heavy atom. The number of aliphatic hydroxyl groups is 1. The van der Waals surface area contributed by atoms with Crippen LogP contribution in [0, 0.1) is 0 Å². The molecule has 0 spiro atoms. The van der Waals surface area contributed by atoms with Crippen LogP contribution >= 0.6 is 0 Å². The Morgan fingerprint density at radius 3 is 2.39 bits per heavy atom. The molecule has 8 heteroatoms. The Morgan fingerprint density at radius 1 is 1.33 bits per heavy atom. The van der Waals surface area contributed by atoms with Crippen LogP contribution in [0.1, 0.15) is 13.8 Å². The van der Waals surface area contributed by atoms with Gasteiger partial charge in [0.05, 0.1) is 19.0 Å². The molecule has 1 rings (SSSR count). The normalized spacial score (nSPS) is 11.8. The molecule has 0 unspecified atom stereocenters. The van der Waals surface area contributed by atoms with Crippen LogP contribution in [0.2, 0.25) is 0 Å². The number of hydrogen-bond acceptors (Lipinski definition) is 6. The van der Waals surface area contributed by atoms with Crippen LogP contribution in [0.3, 0.4) is 0 Å². The highest BCUT2D eigenvalue weighted by atomic mass is 32.2. The van der Waals surface area contributed by atoms with Gasteiger partial charge in [-0.15, -0.1) is 0 Å². The highest BCUT2D eigenvalue weighted by molar-refractivity contribution is 7.89. The van der Waals surface area contributed by atoms with E-state index in [0.717, 1.165) is 0 Å². The van der Waals surface area contributed by atoms with Crippen molar-refractivity contribution in [2.75, 3.05) is 31.6 Å². The smallest absolute Gasteiger partial charge is 0.246 e. The predicted molar refractivity (Wildman–Crippen MR) is 67.7 cm³/mol. The van der Waals surface area contributed by atoms with E-state index >= 15 is 0 Å². The molecule has 0 saturated heterocycles. The van der Waals surface area contributed by atoms with E-state index < -0.39 is 10.0 Å². The van der Waals surface area contributed by atoms with Gasteiger partial charge in [0.2, 0.25) is 16.0 Å². The largest absolute Gasteiger partial charge is 0.395 e. The molecule has 0 aromatic carbocycles. The van der Waals surface area contributed by atoms with E-state index in [2.05, 4.69) is 15.3 Å². The maximum atomic E-state index is 12.1. The van der Waals surface area contributed by atoms with Crippen LogP contribution in [0.5, 0.6) is 0 Å². The molecule has 0 atom stereocenters. The van der Waals surface area contributed by atoms with Gasteiger partial charge in [0, 0.05) is 19.6 Å². The Hall–Kier alpha value is -1.25. The molecule has 102 valence electrons. The third-order valence-electron chi connectivity index (χ3n) is 2.30. The lowest BCUT2D eigenvalue weighted by Gasteiger charge is -2.18. The topological polar surface area (TPSA) is 95.4 Å². The number of sulfonamides is 1. The molecule has 1 aromatic rings. The number of nitrogens with zero attached hydrogens (tertiary/aromatic N) is 3. The van der Waals surface area contributed by atoms with Gasteiger partial charge >= 0.3 is 0 Å². The SMILES string of the molecule is CCNc1ncc(S(=O)(=O)N(CC)CCO)cn1. The van der Waals surface area contributed by atoms with Crippen molar-refractivity contribution in [2.45, 2.75) is 18.7 Å². The van der Waals surface area contributed by atoms with Gasteiger partial charge in [0.15, 0.2) is 0 Å². The summed E-state index contributed by atoms with van der Waals surface area (Å²) in [5, 5.41) is 11.7. The zero-order chi connectivity index (χ0) is 13.6. The Kier molecular flexibility index (Phi) is 5.45. The summed E-state index contributed by atoms with van der Waals surface area (Å²) in [6, 6.07) is 0. The van der Waals surface area contributed by atoms with Gasteiger partial charge in [-0.2, -0.15) is 4.31 Å². The molecule has 0 radical (unpaired) electrons. The maximum Gasteiger partial charge on any atom is 0.246 e. The Bertz CT molecular complexity index is 461. The third kappa shape index (κ3) is 3.37. The van der Waals surface area contributed by atoms with Crippen molar-refractivity contribution < 1.29 is 13.5 Å².